The summed E-state index contributed by atoms with van der Waals surface area (Å²) in [4.78, 5) is 0. The summed E-state index contributed by atoms with van der Waals surface area (Å²) in [5.74, 6) is 6.73. The zero-order chi connectivity index (χ0) is 20.1. The minimum absolute atomic E-state index is 0. The number of hydrogen-bond donors (Lipinski definition) is 0. The van der Waals surface area contributed by atoms with Crippen molar-refractivity contribution in [1.82, 2.24) is 0 Å². The van der Waals surface area contributed by atoms with Crippen molar-refractivity contribution in [1.29, 1.82) is 0 Å². The molecule has 0 aliphatic heterocycles. The van der Waals surface area contributed by atoms with Gasteiger partial charge in [-0.3, -0.25) is 0 Å². The molecule has 0 nitrogen and oxygen atoms in total. The summed E-state index contributed by atoms with van der Waals surface area (Å²) >= 11 is 0. The Morgan fingerprint density at radius 2 is 1.79 bits per heavy atom. The fourth-order valence-corrected chi connectivity index (χ4v) is 8.87. The van der Waals surface area contributed by atoms with Crippen molar-refractivity contribution in [3.05, 3.63) is 11.6 Å². The van der Waals surface area contributed by atoms with E-state index in [2.05, 4.69) is 47.6 Å². The smallest absolute Gasteiger partial charge is 0 e. The van der Waals surface area contributed by atoms with E-state index in [0.717, 1.165) is 41.4 Å². The Labute approximate surface area is 180 Å². The van der Waals surface area contributed by atoms with E-state index in [1.165, 1.54) is 70.6 Å². The summed E-state index contributed by atoms with van der Waals surface area (Å²) in [6.45, 7) is 15.3. The molecule has 0 aromatic heterocycles. The average Bonchev–Trinajstić information content (AvgIpc) is 2.99. The van der Waals surface area contributed by atoms with E-state index < -0.39 is 0 Å². The van der Waals surface area contributed by atoms with E-state index in [9.17, 15) is 0 Å². The van der Waals surface area contributed by atoms with Crippen LogP contribution in [-0.4, -0.2) is 0 Å². The quantitative estimate of drug-likeness (QED) is 0.410. The Morgan fingerprint density at radius 3 is 2.54 bits per heavy atom. The standard InChI is InChI=1S/C28H48.3H2/c1-19(2)8-7-9-21(4)24-12-13-25-23-11-10-22-18-20(3)14-16-27(22,5)26(23)15-17-28(24,25)6;;;/h10,19-21,23-26H,7-9,11-18H2,1-6H3;3*1H/t20-,21+,23-,24?,25?,26?,27-,28+;;;/m0.../s1. The first kappa shape index (κ1) is 21.0. The molecule has 3 unspecified atom stereocenters. The fourth-order valence-electron chi connectivity index (χ4n) is 8.87. The third-order valence-electron chi connectivity index (χ3n) is 10.6. The number of allylic oxidation sites excluding steroid dienone is 2. The monoisotopic (exact) mass is 390 g/mol. The van der Waals surface area contributed by atoms with Gasteiger partial charge in [0.1, 0.15) is 0 Å². The van der Waals surface area contributed by atoms with Crippen LogP contribution in [-0.2, 0) is 0 Å². The van der Waals surface area contributed by atoms with E-state index in [-0.39, 0.29) is 4.28 Å². The lowest BCUT2D eigenvalue weighted by atomic mass is 9.46. The second kappa shape index (κ2) is 7.77. The maximum Gasteiger partial charge on any atom is 0 e. The predicted molar refractivity (Wildman–Crippen MR) is 129 cm³/mol. The molecule has 0 bridgehead atoms. The van der Waals surface area contributed by atoms with Crippen molar-refractivity contribution in [2.75, 3.05) is 0 Å². The molecule has 0 amide bonds. The van der Waals surface area contributed by atoms with Gasteiger partial charge in [0.15, 0.2) is 0 Å². The van der Waals surface area contributed by atoms with Crippen LogP contribution < -0.4 is 0 Å². The van der Waals surface area contributed by atoms with Crippen molar-refractivity contribution in [3.63, 3.8) is 0 Å². The third-order valence-corrected chi connectivity index (χ3v) is 10.6. The van der Waals surface area contributed by atoms with Crippen molar-refractivity contribution < 1.29 is 4.28 Å². The largest absolute Gasteiger partial charge is 0.0845 e. The highest BCUT2D eigenvalue weighted by molar-refractivity contribution is 5.25. The molecule has 0 heterocycles. The molecular weight excluding hydrogens is 336 g/mol. The minimum atomic E-state index is 0. The van der Waals surface area contributed by atoms with Gasteiger partial charge in [0.25, 0.3) is 0 Å². The molecule has 3 saturated carbocycles. The van der Waals surface area contributed by atoms with Crippen molar-refractivity contribution in [2.24, 2.45) is 52.3 Å². The topological polar surface area (TPSA) is 0 Å². The highest BCUT2D eigenvalue weighted by Gasteiger charge is 2.58. The van der Waals surface area contributed by atoms with Gasteiger partial charge < -0.3 is 0 Å². The van der Waals surface area contributed by atoms with Gasteiger partial charge in [-0.1, -0.05) is 72.5 Å². The second-order valence-electron chi connectivity index (χ2n) is 12.6. The molecule has 8 atom stereocenters. The molecule has 0 heteroatoms. The maximum atomic E-state index is 2.75. The first-order valence-electron chi connectivity index (χ1n) is 12.9. The predicted octanol–water partition coefficient (Wildman–Crippen LogP) is 9.40. The van der Waals surface area contributed by atoms with E-state index in [1.54, 1.807) is 0 Å². The Morgan fingerprint density at radius 1 is 1.00 bits per heavy atom. The van der Waals surface area contributed by atoms with Crippen LogP contribution in [0.2, 0.25) is 0 Å². The van der Waals surface area contributed by atoms with E-state index in [4.69, 9.17) is 0 Å². The fraction of sp³-hybridized carbons (Fsp3) is 0.929. The van der Waals surface area contributed by atoms with Gasteiger partial charge >= 0.3 is 0 Å². The highest BCUT2D eigenvalue weighted by atomic mass is 14.6. The van der Waals surface area contributed by atoms with Gasteiger partial charge in [-0.05, 0) is 104 Å². The van der Waals surface area contributed by atoms with Crippen LogP contribution in [0.4, 0.5) is 0 Å². The summed E-state index contributed by atoms with van der Waals surface area (Å²) in [7, 11) is 0. The molecule has 0 spiro atoms. The molecule has 4 aliphatic carbocycles. The lowest BCUT2D eigenvalue weighted by Crippen LogP contribution is -2.50. The van der Waals surface area contributed by atoms with Gasteiger partial charge in [0.05, 0.1) is 0 Å². The summed E-state index contributed by atoms with van der Waals surface area (Å²) in [5, 5.41) is 0. The molecule has 166 valence electrons. The van der Waals surface area contributed by atoms with Crippen LogP contribution in [0.3, 0.4) is 0 Å². The molecule has 4 rings (SSSR count). The van der Waals surface area contributed by atoms with Crippen molar-refractivity contribution in [3.8, 4) is 0 Å². The third kappa shape index (κ3) is 3.43. The zero-order valence-corrected chi connectivity index (χ0v) is 19.9. The first-order valence-corrected chi connectivity index (χ1v) is 12.9. The Balaban J connectivity index is 0.00000160. The van der Waals surface area contributed by atoms with Crippen LogP contribution in [0.15, 0.2) is 11.6 Å². The summed E-state index contributed by atoms with van der Waals surface area (Å²) < 4.78 is 0. The average molecular weight is 391 g/mol. The Hall–Kier alpha value is -0.260. The maximum absolute atomic E-state index is 2.75. The molecule has 0 saturated heterocycles. The molecule has 0 aromatic rings. The Kier molecular flexibility index (Phi) is 5.83. The molecule has 28 heavy (non-hydrogen) atoms. The summed E-state index contributed by atoms with van der Waals surface area (Å²) in [6, 6.07) is 0. The summed E-state index contributed by atoms with van der Waals surface area (Å²) in [5.41, 5.74) is 3.06. The van der Waals surface area contributed by atoms with Crippen LogP contribution in [0.5, 0.6) is 0 Å². The van der Waals surface area contributed by atoms with Gasteiger partial charge in [0.2, 0.25) is 0 Å². The minimum Gasteiger partial charge on any atom is -0.0845 e. The first-order chi connectivity index (χ1) is 13.3. The molecule has 4 aliphatic rings. The molecule has 0 N–H and O–H groups in total. The van der Waals surface area contributed by atoms with Gasteiger partial charge in [-0.25, -0.2) is 0 Å². The zero-order valence-electron chi connectivity index (χ0n) is 19.9. The summed E-state index contributed by atoms with van der Waals surface area (Å²) in [6.07, 6.45) is 19.0. The molecular formula is C28H54. The molecule has 0 aromatic carbocycles. The highest BCUT2D eigenvalue weighted by Crippen LogP contribution is 2.67. The van der Waals surface area contributed by atoms with Gasteiger partial charge in [-0.2, -0.15) is 0 Å². The number of hydrogen-bond acceptors (Lipinski definition) is 0. The lowest BCUT2D eigenvalue weighted by molar-refractivity contribution is -0.0523. The second-order valence-corrected chi connectivity index (χ2v) is 12.6. The van der Waals surface area contributed by atoms with Crippen molar-refractivity contribution in [2.45, 2.75) is 112 Å². The normalized spacial score (nSPS) is 46.5. The van der Waals surface area contributed by atoms with E-state index in [1.807, 2.05) is 5.57 Å². The van der Waals surface area contributed by atoms with Crippen LogP contribution >= 0.6 is 0 Å². The number of fused-ring (bicyclic) bond motifs is 5. The van der Waals surface area contributed by atoms with Gasteiger partial charge in [0, 0.05) is 4.28 Å². The van der Waals surface area contributed by atoms with E-state index in [0.29, 0.717) is 10.8 Å². The van der Waals surface area contributed by atoms with E-state index >= 15 is 0 Å². The molecule has 0 radical (unpaired) electrons. The van der Waals surface area contributed by atoms with Gasteiger partial charge in [-0.15, -0.1) is 0 Å². The van der Waals surface area contributed by atoms with Crippen LogP contribution in [0.25, 0.3) is 0 Å². The van der Waals surface area contributed by atoms with Crippen LogP contribution in [0, 0.1) is 52.3 Å². The lowest BCUT2D eigenvalue weighted by Gasteiger charge is -2.58. The molecule has 3 fully saturated rings. The van der Waals surface area contributed by atoms with Crippen molar-refractivity contribution >= 4 is 0 Å². The number of rotatable bonds is 5. The van der Waals surface area contributed by atoms with Crippen LogP contribution in [0.1, 0.15) is 116 Å². The SMILES string of the molecule is CC(C)CCC[C@@H](C)C1CCC2[C@@H]3CC=C4C[C@@H](C)CC[C@]4(C)C3CC[C@@]21C.[HH].[HH].[HH]. The Bertz CT molecular complexity index is 599.